The quantitative estimate of drug-likeness (QED) is 0.406. The average Bonchev–Trinajstić information content (AvgIpc) is 3.44. The number of nitrogen functional groups attached to an aromatic ring is 1. The highest BCUT2D eigenvalue weighted by atomic mass is 19.4. The van der Waals surface area contributed by atoms with Gasteiger partial charge in [0.2, 0.25) is 5.95 Å². The summed E-state index contributed by atoms with van der Waals surface area (Å²) in [6.07, 6.45) is 1.19. The molecule has 4 aromatic heterocycles. The van der Waals surface area contributed by atoms with E-state index in [0.717, 1.165) is 18.7 Å². The SMILES string of the molecule is CCC(C)NC(=O)c1cc(-c2cnn(C(CC)c3ccnc(C(F)(F)F)c3)c2)cc2nc(N)nn12. The van der Waals surface area contributed by atoms with E-state index in [1.54, 1.807) is 35.3 Å². The van der Waals surface area contributed by atoms with E-state index in [1.165, 1.54) is 4.52 Å². The fraction of sp³-hybridized carbons (Fsp3) is 0.348. The monoisotopic (exact) mass is 486 g/mol. The number of hydrogen-bond donors (Lipinski definition) is 2. The van der Waals surface area contributed by atoms with Crippen molar-refractivity contribution in [3.63, 3.8) is 0 Å². The molecular formula is C23H25F3N8O. The van der Waals surface area contributed by atoms with E-state index < -0.39 is 17.9 Å². The third-order valence-corrected chi connectivity index (χ3v) is 5.78. The topological polar surface area (TPSA) is 116 Å². The smallest absolute Gasteiger partial charge is 0.366 e. The van der Waals surface area contributed by atoms with Crippen molar-refractivity contribution in [1.82, 2.24) is 34.7 Å². The number of aromatic nitrogens is 6. The molecule has 4 heterocycles. The van der Waals surface area contributed by atoms with Crippen molar-refractivity contribution in [3.05, 3.63) is 59.8 Å². The van der Waals surface area contributed by atoms with Crippen molar-refractivity contribution >= 4 is 17.5 Å². The third-order valence-electron chi connectivity index (χ3n) is 5.78. The number of carbonyl (C=O) groups excluding carboxylic acids is 1. The number of alkyl halides is 3. The summed E-state index contributed by atoms with van der Waals surface area (Å²) in [5.41, 5.74) is 7.21. The number of nitrogens with two attached hydrogens (primary N) is 1. The molecule has 2 unspecified atom stereocenters. The van der Waals surface area contributed by atoms with Gasteiger partial charge in [-0.3, -0.25) is 14.5 Å². The van der Waals surface area contributed by atoms with E-state index in [1.807, 2.05) is 20.8 Å². The van der Waals surface area contributed by atoms with Gasteiger partial charge in [-0.2, -0.15) is 23.3 Å². The molecule has 2 atom stereocenters. The summed E-state index contributed by atoms with van der Waals surface area (Å²) in [5.74, 6) is -0.300. The lowest BCUT2D eigenvalue weighted by Crippen LogP contribution is -2.33. The number of halogens is 3. The Morgan fingerprint density at radius 1 is 1.17 bits per heavy atom. The Labute approximate surface area is 199 Å². The van der Waals surface area contributed by atoms with Crippen molar-refractivity contribution in [2.45, 2.75) is 51.9 Å². The molecule has 0 saturated heterocycles. The van der Waals surface area contributed by atoms with Crippen LogP contribution in [-0.2, 0) is 6.18 Å². The second-order valence-corrected chi connectivity index (χ2v) is 8.26. The van der Waals surface area contributed by atoms with E-state index >= 15 is 0 Å². The highest BCUT2D eigenvalue weighted by Gasteiger charge is 2.33. The average molecular weight is 487 g/mol. The molecule has 0 aliphatic rings. The van der Waals surface area contributed by atoms with Gasteiger partial charge in [-0.05, 0) is 55.2 Å². The predicted octanol–water partition coefficient (Wildman–Crippen LogP) is 4.12. The fourth-order valence-corrected chi connectivity index (χ4v) is 3.77. The summed E-state index contributed by atoms with van der Waals surface area (Å²) in [6.45, 7) is 5.72. The molecule has 0 aliphatic heterocycles. The molecule has 4 rings (SSSR count). The molecule has 1 amide bonds. The number of nitrogens with one attached hydrogen (secondary N) is 1. The number of anilines is 1. The first-order valence-electron chi connectivity index (χ1n) is 11.2. The molecule has 9 nitrogen and oxygen atoms in total. The number of hydrogen-bond acceptors (Lipinski definition) is 6. The maximum atomic E-state index is 13.2. The molecule has 35 heavy (non-hydrogen) atoms. The van der Waals surface area contributed by atoms with Crippen LogP contribution in [0.1, 0.15) is 61.4 Å². The summed E-state index contributed by atoms with van der Waals surface area (Å²) < 4.78 is 42.5. The van der Waals surface area contributed by atoms with Crippen LogP contribution in [0.15, 0.2) is 42.9 Å². The summed E-state index contributed by atoms with van der Waals surface area (Å²) >= 11 is 0. The van der Waals surface area contributed by atoms with Crippen LogP contribution >= 0.6 is 0 Å². The Kier molecular flexibility index (Phi) is 6.46. The molecule has 0 radical (unpaired) electrons. The summed E-state index contributed by atoms with van der Waals surface area (Å²) in [4.78, 5) is 20.5. The number of rotatable bonds is 7. The minimum Gasteiger partial charge on any atom is -0.366 e. The number of nitrogens with zero attached hydrogens (tertiary/aromatic N) is 6. The van der Waals surface area contributed by atoms with Crippen molar-refractivity contribution in [1.29, 1.82) is 0 Å². The van der Waals surface area contributed by atoms with E-state index in [4.69, 9.17) is 5.73 Å². The van der Waals surface area contributed by atoms with E-state index in [0.29, 0.717) is 28.8 Å². The fourth-order valence-electron chi connectivity index (χ4n) is 3.77. The highest BCUT2D eigenvalue weighted by molar-refractivity contribution is 5.95. The molecule has 12 heteroatoms. The lowest BCUT2D eigenvalue weighted by Gasteiger charge is -2.17. The van der Waals surface area contributed by atoms with Crippen LogP contribution in [0, 0.1) is 0 Å². The molecule has 0 aliphatic carbocycles. The van der Waals surface area contributed by atoms with Gasteiger partial charge in [0.15, 0.2) is 5.65 Å². The lowest BCUT2D eigenvalue weighted by atomic mass is 10.0. The Morgan fingerprint density at radius 3 is 2.63 bits per heavy atom. The maximum Gasteiger partial charge on any atom is 0.433 e. The van der Waals surface area contributed by atoms with Crippen LogP contribution < -0.4 is 11.1 Å². The Bertz CT molecular complexity index is 1360. The Morgan fingerprint density at radius 2 is 1.94 bits per heavy atom. The van der Waals surface area contributed by atoms with Gasteiger partial charge in [0.1, 0.15) is 11.4 Å². The zero-order valence-electron chi connectivity index (χ0n) is 19.4. The maximum absolute atomic E-state index is 13.2. The number of fused-ring (bicyclic) bond motifs is 1. The van der Waals surface area contributed by atoms with Crippen LogP contribution in [0.4, 0.5) is 19.1 Å². The molecule has 184 valence electrons. The summed E-state index contributed by atoms with van der Waals surface area (Å²) in [7, 11) is 0. The van der Waals surface area contributed by atoms with Gasteiger partial charge in [0.05, 0.1) is 12.2 Å². The van der Waals surface area contributed by atoms with Crippen LogP contribution in [0.3, 0.4) is 0 Å². The molecule has 4 aromatic rings. The Balaban J connectivity index is 1.73. The van der Waals surface area contributed by atoms with Gasteiger partial charge in [0, 0.05) is 24.0 Å². The van der Waals surface area contributed by atoms with Crippen LogP contribution in [0.25, 0.3) is 16.8 Å². The van der Waals surface area contributed by atoms with Gasteiger partial charge in [-0.25, -0.2) is 4.52 Å². The van der Waals surface area contributed by atoms with Crippen molar-refractivity contribution in [2.75, 3.05) is 5.73 Å². The summed E-state index contributed by atoms with van der Waals surface area (Å²) in [5, 5.41) is 11.4. The minimum absolute atomic E-state index is 0.0274. The standard InChI is InChI=1S/C23H25F3N8O/c1-4-13(3)30-21(35)18-8-15(10-20-31-22(27)32-34(18)20)16-11-29-33(12-16)17(5-2)14-6-7-28-19(9-14)23(24,25)26/h6-13,17H,4-5H2,1-3H3,(H2,27,32)(H,30,35). The zero-order chi connectivity index (χ0) is 25.3. The highest BCUT2D eigenvalue weighted by Crippen LogP contribution is 2.31. The summed E-state index contributed by atoms with van der Waals surface area (Å²) in [6, 6.07) is 5.49. The number of amides is 1. The molecule has 0 saturated carbocycles. The predicted molar refractivity (Wildman–Crippen MR) is 124 cm³/mol. The first-order chi connectivity index (χ1) is 16.6. The zero-order valence-corrected chi connectivity index (χ0v) is 19.4. The number of carbonyl (C=O) groups is 1. The van der Waals surface area contributed by atoms with Gasteiger partial charge in [-0.1, -0.05) is 13.8 Å². The largest absolute Gasteiger partial charge is 0.433 e. The van der Waals surface area contributed by atoms with Crippen molar-refractivity contribution < 1.29 is 18.0 Å². The molecular weight excluding hydrogens is 461 g/mol. The van der Waals surface area contributed by atoms with Crippen molar-refractivity contribution in [2.24, 2.45) is 0 Å². The lowest BCUT2D eigenvalue weighted by molar-refractivity contribution is -0.141. The molecule has 0 fully saturated rings. The van der Waals surface area contributed by atoms with E-state index in [-0.39, 0.29) is 23.6 Å². The van der Waals surface area contributed by atoms with Gasteiger partial charge in [0.25, 0.3) is 5.91 Å². The molecule has 0 bridgehead atoms. The van der Waals surface area contributed by atoms with Crippen LogP contribution in [0.2, 0.25) is 0 Å². The molecule has 0 spiro atoms. The molecule has 0 aromatic carbocycles. The van der Waals surface area contributed by atoms with Crippen molar-refractivity contribution in [3.8, 4) is 11.1 Å². The van der Waals surface area contributed by atoms with Gasteiger partial charge >= 0.3 is 6.18 Å². The normalized spacial score (nSPS) is 13.7. The van der Waals surface area contributed by atoms with Gasteiger partial charge < -0.3 is 11.1 Å². The second-order valence-electron chi connectivity index (χ2n) is 8.26. The minimum atomic E-state index is -4.54. The van der Waals surface area contributed by atoms with E-state index in [2.05, 4.69) is 25.5 Å². The van der Waals surface area contributed by atoms with Gasteiger partial charge in [-0.15, -0.1) is 5.10 Å². The Hall–Kier alpha value is -3.96. The molecule has 3 N–H and O–H groups in total. The second kappa shape index (κ2) is 9.35. The van der Waals surface area contributed by atoms with Crippen LogP contribution in [0.5, 0.6) is 0 Å². The van der Waals surface area contributed by atoms with E-state index in [9.17, 15) is 18.0 Å². The third kappa shape index (κ3) is 4.96. The number of pyridine rings is 2. The first kappa shape index (κ1) is 24.2. The first-order valence-corrected chi connectivity index (χ1v) is 11.2. The van der Waals surface area contributed by atoms with Crippen LogP contribution in [-0.4, -0.2) is 41.3 Å².